The van der Waals surface area contributed by atoms with Gasteiger partial charge < -0.3 is 10.2 Å². The summed E-state index contributed by atoms with van der Waals surface area (Å²) in [6.07, 6.45) is 2.36. The summed E-state index contributed by atoms with van der Waals surface area (Å²) in [5.41, 5.74) is 0.355. The standard InChI is InChI=1S/C15H21N3O4S/c1-16-23(21,22)13-6-4-12(5-7-13)15(20)17-9-8-14(19)18-10-2-3-11-18/h4-7,16H,2-3,8-11H2,1H3,(H,17,20). The van der Waals surface area contributed by atoms with Crippen LogP contribution in [0, 0.1) is 0 Å². The zero-order chi connectivity index (χ0) is 16.9. The number of rotatable bonds is 6. The molecule has 2 amide bonds. The van der Waals surface area contributed by atoms with Crippen LogP contribution < -0.4 is 10.0 Å². The fraction of sp³-hybridized carbons (Fsp3) is 0.467. The molecule has 1 fully saturated rings. The average molecular weight is 339 g/mol. The summed E-state index contributed by atoms with van der Waals surface area (Å²) in [6.45, 7) is 1.87. The Hall–Kier alpha value is -1.93. The lowest BCUT2D eigenvalue weighted by molar-refractivity contribution is -0.129. The van der Waals surface area contributed by atoms with Crippen LogP contribution in [-0.4, -0.2) is 51.8 Å². The minimum absolute atomic E-state index is 0.0539. The third-order valence-electron chi connectivity index (χ3n) is 3.78. The molecule has 0 radical (unpaired) electrons. The van der Waals surface area contributed by atoms with E-state index in [1.165, 1.54) is 31.3 Å². The molecule has 1 aliphatic heterocycles. The SMILES string of the molecule is CNS(=O)(=O)c1ccc(C(=O)NCCC(=O)N2CCCC2)cc1. The molecule has 8 heteroatoms. The summed E-state index contributed by atoms with van der Waals surface area (Å²) in [5, 5.41) is 2.67. The van der Waals surface area contributed by atoms with Gasteiger partial charge in [-0.25, -0.2) is 13.1 Å². The number of sulfonamides is 1. The highest BCUT2D eigenvalue weighted by atomic mass is 32.2. The average Bonchev–Trinajstić information content (AvgIpc) is 3.09. The van der Waals surface area contributed by atoms with E-state index >= 15 is 0 Å². The van der Waals surface area contributed by atoms with Crippen molar-refractivity contribution in [2.45, 2.75) is 24.2 Å². The third kappa shape index (κ3) is 4.52. The monoisotopic (exact) mass is 339 g/mol. The summed E-state index contributed by atoms with van der Waals surface area (Å²) in [6, 6.07) is 5.63. The van der Waals surface area contributed by atoms with Crippen molar-refractivity contribution in [3.8, 4) is 0 Å². The highest BCUT2D eigenvalue weighted by Crippen LogP contribution is 2.10. The van der Waals surface area contributed by atoms with Crippen molar-refractivity contribution in [2.75, 3.05) is 26.7 Å². The maximum atomic E-state index is 12.0. The van der Waals surface area contributed by atoms with Crippen molar-refractivity contribution in [3.05, 3.63) is 29.8 Å². The zero-order valence-electron chi connectivity index (χ0n) is 13.0. The summed E-state index contributed by atoms with van der Waals surface area (Å²) < 4.78 is 25.4. The first-order chi connectivity index (χ1) is 10.9. The molecule has 0 saturated carbocycles. The molecule has 0 aromatic heterocycles. The number of likely N-dealkylation sites (tertiary alicyclic amines) is 1. The largest absolute Gasteiger partial charge is 0.352 e. The number of nitrogens with one attached hydrogen (secondary N) is 2. The van der Waals surface area contributed by atoms with Gasteiger partial charge in [-0.05, 0) is 44.2 Å². The van der Waals surface area contributed by atoms with Crippen molar-refractivity contribution in [3.63, 3.8) is 0 Å². The Bertz CT molecular complexity index is 664. The van der Waals surface area contributed by atoms with Crippen LogP contribution in [0.15, 0.2) is 29.2 Å². The van der Waals surface area contributed by atoms with E-state index in [1.54, 1.807) is 0 Å². The van der Waals surface area contributed by atoms with E-state index < -0.39 is 10.0 Å². The van der Waals surface area contributed by atoms with Gasteiger partial charge in [-0.1, -0.05) is 0 Å². The van der Waals surface area contributed by atoms with Crippen LogP contribution in [-0.2, 0) is 14.8 Å². The molecule has 0 aliphatic carbocycles. The van der Waals surface area contributed by atoms with Gasteiger partial charge in [-0.2, -0.15) is 0 Å². The first-order valence-corrected chi connectivity index (χ1v) is 9.02. The fourth-order valence-corrected chi connectivity index (χ4v) is 3.14. The second kappa shape index (κ2) is 7.56. The molecule has 1 aromatic rings. The molecule has 2 N–H and O–H groups in total. The molecule has 0 bridgehead atoms. The highest BCUT2D eigenvalue weighted by molar-refractivity contribution is 7.89. The smallest absolute Gasteiger partial charge is 0.251 e. The van der Waals surface area contributed by atoms with E-state index in [-0.39, 0.29) is 29.7 Å². The van der Waals surface area contributed by atoms with Crippen molar-refractivity contribution >= 4 is 21.8 Å². The molecule has 126 valence electrons. The number of carbonyl (C=O) groups excluding carboxylic acids is 2. The first kappa shape index (κ1) is 17.4. The lowest BCUT2D eigenvalue weighted by Gasteiger charge is -2.15. The molecule has 0 atom stereocenters. The molecule has 1 saturated heterocycles. The molecule has 7 nitrogen and oxygen atoms in total. The van der Waals surface area contributed by atoms with Crippen LogP contribution in [0.1, 0.15) is 29.6 Å². The van der Waals surface area contributed by atoms with Crippen molar-refractivity contribution in [1.82, 2.24) is 14.9 Å². The molecule has 1 heterocycles. The van der Waals surface area contributed by atoms with Crippen molar-refractivity contribution in [1.29, 1.82) is 0 Å². The summed E-state index contributed by atoms with van der Waals surface area (Å²) in [5.74, 6) is -0.272. The van der Waals surface area contributed by atoms with E-state index in [0.29, 0.717) is 5.56 Å². The summed E-state index contributed by atoms with van der Waals surface area (Å²) in [7, 11) is -2.18. The van der Waals surface area contributed by atoms with Gasteiger partial charge in [0.15, 0.2) is 0 Å². The number of hydrogen-bond acceptors (Lipinski definition) is 4. The van der Waals surface area contributed by atoms with E-state index in [4.69, 9.17) is 0 Å². The second-order valence-electron chi connectivity index (χ2n) is 5.33. The second-order valence-corrected chi connectivity index (χ2v) is 7.21. The van der Waals surface area contributed by atoms with Gasteiger partial charge in [0, 0.05) is 31.6 Å². The summed E-state index contributed by atoms with van der Waals surface area (Å²) in [4.78, 5) is 25.7. The molecule has 1 aliphatic rings. The number of hydrogen-bond donors (Lipinski definition) is 2. The van der Waals surface area contributed by atoms with Crippen LogP contribution in [0.4, 0.5) is 0 Å². The molecule has 23 heavy (non-hydrogen) atoms. The third-order valence-corrected chi connectivity index (χ3v) is 5.21. The molecular weight excluding hydrogens is 318 g/mol. The van der Waals surface area contributed by atoms with Crippen molar-refractivity contribution < 1.29 is 18.0 Å². The van der Waals surface area contributed by atoms with Gasteiger partial charge >= 0.3 is 0 Å². The predicted molar refractivity (Wildman–Crippen MR) is 85.5 cm³/mol. The number of nitrogens with zero attached hydrogens (tertiary/aromatic N) is 1. The maximum absolute atomic E-state index is 12.0. The van der Waals surface area contributed by atoms with Crippen LogP contribution in [0.25, 0.3) is 0 Å². The molecule has 1 aromatic carbocycles. The Morgan fingerprint density at radius 2 is 1.74 bits per heavy atom. The van der Waals surface area contributed by atoms with Gasteiger partial charge in [-0.15, -0.1) is 0 Å². The minimum atomic E-state index is -3.51. The number of amides is 2. The lowest BCUT2D eigenvalue weighted by atomic mass is 10.2. The Kier molecular flexibility index (Phi) is 5.73. The Labute approximate surface area is 136 Å². The van der Waals surface area contributed by atoms with Crippen LogP contribution >= 0.6 is 0 Å². The topological polar surface area (TPSA) is 95.6 Å². The lowest BCUT2D eigenvalue weighted by Crippen LogP contribution is -2.32. The quantitative estimate of drug-likeness (QED) is 0.781. The summed E-state index contributed by atoms with van der Waals surface area (Å²) >= 11 is 0. The maximum Gasteiger partial charge on any atom is 0.251 e. The van der Waals surface area contributed by atoms with E-state index in [2.05, 4.69) is 10.0 Å². The van der Waals surface area contributed by atoms with Crippen LogP contribution in [0.2, 0.25) is 0 Å². The van der Waals surface area contributed by atoms with Gasteiger partial charge in [0.2, 0.25) is 15.9 Å². The molecular formula is C15H21N3O4S. The predicted octanol–water partition coefficient (Wildman–Crippen LogP) is 0.337. The van der Waals surface area contributed by atoms with Crippen LogP contribution in [0.5, 0.6) is 0 Å². The Morgan fingerprint density at radius 1 is 1.13 bits per heavy atom. The van der Waals surface area contributed by atoms with Crippen LogP contribution in [0.3, 0.4) is 0 Å². The molecule has 0 unspecified atom stereocenters. The van der Waals surface area contributed by atoms with Gasteiger partial charge in [0.25, 0.3) is 5.91 Å². The molecule has 2 rings (SSSR count). The highest BCUT2D eigenvalue weighted by Gasteiger charge is 2.17. The first-order valence-electron chi connectivity index (χ1n) is 7.53. The van der Waals surface area contributed by atoms with E-state index in [0.717, 1.165) is 25.9 Å². The Morgan fingerprint density at radius 3 is 2.30 bits per heavy atom. The zero-order valence-corrected chi connectivity index (χ0v) is 13.9. The normalized spacial score (nSPS) is 14.7. The van der Waals surface area contributed by atoms with Gasteiger partial charge in [0.1, 0.15) is 0 Å². The molecule has 0 spiro atoms. The fourth-order valence-electron chi connectivity index (χ4n) is 2.41. The van der Waals surface area contributed by atoms with Crippen molar-refractivity contribution in [2.24, 2.45) is 0 Å². The Balaban J connectivity index is 1.85. The minimum Gasteiger partial charge on any atom is -0.352 e. The van der Waals surface area contributed by atoms with E-state index in [1.807, 2.05) is 4.90 Å². The van der Waals surface area contributed by atoms with Gasteiger partial charge in [0.05, 0.1) is 4.90 Å². The number of carbonyl (C=O) groups is 2. The number of benzene rings is 1. The van der Waals surface area contributed by atoms with E-state index in [9.17, 15) is 18.0 Å². The van der Waals surface area contributed by atoms with Gasteiger partial charge in [-0.3, -0.25) is 9.59 Å².